The first-order valence-corrected chi connectivity index (χ1v) is 7.21. The van der Waals surface area contributed by atoms with Crippen LogP contribution in [0.25, 0.3) is 0 Å². The largest absolute Gasteiger partial charge is 0.353 e. The SMILES string of the molecule is O=C(CCCNC(=O)c1ccc(Cl)nc1Cl)NC1CC1. The predicted octanol–water partition coefficient (Wildman–Crippen LogP) is 2.18. The number of hydrogen-bond acceptors (Lipinski definition) is 3. The van der Waals surface area contributed by atoms with Crippen LogP contribution in [0.15, 0.2) is 12.1 Å². The monoisotopic (exact) mass is 315 g/mol. The fourth-order valence-electron chi connectivity index (χ4n) is 1.66. The minimum absolute atomic E-state index is 0.0351. The van der Waals surface area contributed by atoms with Gasteiger partial charge in [-0.2, -0.15) is 0 Å². The number of rotatable bonds is 6. The molecule has 5 nitrogen and oxygen atoms in total. The van der Waals surface area contributed by atoms with E-state index in [1.54, 1.807) is 0 Å². The van der Waals surface area contributed by atoms with Crippen molar-refractivity contribution in [2.75, 3.05) is 6.54 Å². The fraction of sp³-hybridized carbons (Fsp3) is 0.462. The second kappa shape index (κ2) is 6.90. The first-order valence-electron chi connectivity index (χ1n) is 6.46. The van der Waals surface area contributed by atoms with Gasteiger partial charge in [-0.3, -0.25) is 9.59 Å². The number of aromatic nitrogens is 1. The normalized spacial score (nSPS) is 13.9. The Hall–Kier alpha value is -1.33. The van der Waals surface area contributed by atoms with Gasteiger partial charge in [0.25, 0.3) is 5.91 Å². The van der Waals surface area contributed by atoms with E-state index in [0.29, 0.717) is 25.4 Å². The van der Waals surface area contributed by atoms with Crippen molar-refractivity contribution in [2.45, 2.75) is 31.7 Å². The molecule has 7 heteroatoms. The molecule has 0 bridgehead atoms. The highest BCUT2D eigenvalue weighted by Crippen LogP contribution is 2.18. The van der Waals surface area contributed by atoms with Gasteiger partial charge in [0.15, 0.2) is 0 Å². The summed E-state index contributed by atoms with van der Waals surface area (Å²) in [5.41, 5.74) is 0.276. The van der Waals surface area contributed by atoms with Gasteiger partial charge >= 0.3 is 0 Å². The van der Waals surface area contributed by atoms with Crippen molar-refractivity contribution in [3.05, 3.63) is 28.0 Å². The van der Waals surface area contributed by atoms with Gasteiger partial charge in [0.1, 0.15) is 10.3 Å². The minimum atomic E-state index is -0.318. The molecule has 2 amide bonds. The van der Waals surface area contributed by atoms with Gasteiger partial charge in [0.2, 0.25) is 5.91 Å². The minimum Gasteiger partial charge on any atom is -0.353 e. The second-order valence-electron chi connectivity index (χ2n) is 4.67. The summed E-state index contributed by atoms with van der Waals surface area (Å²) < 4.78 is 0. The lowest BCUT2D eigenvalue weighted by Crippen LogP contribution is -2.28. The summed E-state index contributed by atoms with van der Waals surface area (Å²) >= 11 is 11.5. The summed E-state index contributed by atoms with van der Waals surface area (Å²) in [5, 5.41) is 5.90. The number of hydrogen-bond donors (Lipinski definition) is 2. The number of carbonyl (C=O) groups excluding carboxylic acids is 2. The molecule has 1 saturated carbocycles. The maximum absolute atomic E-state index is 11.8. The Labute approximate surface area is 127 Å². The number of nitrogens with zero attached hydrogens (tertiary/aromatic N) is 1. The third-order valence-electron chi connectivity index (χ3n) is 2.87. The first-order chi connectivity index (χ1) is 9.56. The lowest BCUT2D eigenvalue weighted by atomic mass is 10.2. The summed E-state index contributed by atoms with van der Waals surface area (Å²) in [4.78, 5) is 27.1. The van der Waals surface area contributed by atoms with Crippen LogP contribution in [0, 0.1) is 0 Å². The second-order valence-corrected chi connectivity index (χ2v) is 5.42. The Kier molecular flexibility index (Phi) is 5.20. The molecule has 1 aliphatic carbocycles. The highest BCUT2D eigenvalue weighted by atomic mass is 35.5. The first kappa shape index (κ1) is 15.1. The quantitative estimate of drug-likeness (QED) is 0.624. The van der Waals surface area contributed by atoms with Crippen molar-refractivity contribution in [3.63, 3.8) is 0 Å². The highest BCUT2D eigenvalue weighted by molar-refractivity contribution is 6.34. The number of halogens is 2. The van der Waals surface area contributed by atoms with Gasteiger partial charge < -0.3 is 10.6 Å². The van der Waals surface area contributed by atoms with Crippen LogP contribution >= 0.6 is 23.2 Å². The Morgan fingerprint density at radius 1 is 1.30 bits per heavy atom. The molecule has 0 atom stereocenters. The summed E-state index contributed by atoms with van der Waals surface area (Å²) in [6, 6.07) is 3.40. The van der Waals surface area contributed by atoms with Crippen molar-refractivity contribution in [1.29, 1.82) is 0 Å². The molecule has 0 saturated heterocycles. The highest BCUT2D eigenvalue weighted by Gasteiger charge is 2.22. The molecule has 1 fully saturated rings. The number of pyridine rings is 1. The van der Waals surface area contributed by atoms with Crippen LogP contribution in [-0.4, -0.2) is 29.4 Å². The molecule has 0 aliphatic heterocycles. The molecule has 0 unspecified atom stereocenters. The lowest BCUT2D eigenvalue weighted by Gasteiger charge is -2.07. The molecule has 0 radical (unpaired) electrons. The summed E-state index contributed by atoms with van der Waals surface area (Å²) in [6.07, 6.45) is 3.14. The number of carbonyl (C=O) groups is 2. The van der Waals surface area contributed by atoms with Crippen LogP contribution in [0.4, 0.5) is 0 Å². The van der Waals surface area contributed by atoms with E-state index in [1.807, 2.05) is 0 Å². The Morgan fingerprint density at radius 2 is 2.05 bits per heavy atom. The van der Waals surface area contributed by atoms with Crippen LogP contribution in [0.1, 0.15) is 36.0 Å². The molecule has 1 aromatic heterocycles. The van der Waals surface area contributed by atoms with E-state index in [2.05, 4.69) is 15.6 Å². The van der Waals surface area contributed by atoms with E-state index >= 15 is 0 Å². The van der Waals surface area contributed by atoms with Crippen molar-refractivity contribution in [3.8, 4) is 0 Å². The standard InChI is InChI=1S/C13H15Cl2N3O2/c14-10-6-5-9(12(15)18-10)13(20)16-7-1-2-11(19)17-8-3-4-8/h5-6,8H,1-4,7H2,(H,16,20)(H,17,19). The maximum Gasteiger partial charge on any atom is 0.254 e. The van der Waals surface area contributed by atoms with Gasteiger partial charge in [-0.1, -0.05) is 23.2 Å². The molecular formula is C13H15Cl2N3O2. The van der Waals surface area contributed by atoms with E-state index in [-0.39, 0.29) is 27.7 Å². The van der Waals surface area contributed by atoms with E-state index in [0.717, 1.165) is 12.8 Å². The van der Waals surface area contributed by atoms with Crippen molar-refractivity contribution < 1.29 is 9.59 Å². The summed E-state index contributed by atoms with van der Waals surface area (Å²) in [6.45, 7) is 0.413. The topological polar surface area (TPSA) is 71.1 Å². The van der Waals surface area contributed by atoms with Gasteiger partial charge in [0.05, 0.1) is 5.56 Å². The van der Waals surface area contributed by atoms with Crippen LogP contribution in [0.5, 0.6) is 0 Å². The smallest absolute Gasteiger partial charge is 0.254 e. The average molecular weight is 316 g/mol. The molecule has 1 aliphatic rings. The molecule has 1 aromatic rings. The predicted molar refractivity (Wildman–Crippen MR) is 77.0 cm³/mol. The zero-order chi connectivity index (χ0) is 14.5. The Balaban J connectivity index is 1.70. The maximum atomic E-state index is 11.8. The summed E-state index contributed by atoms with van der Waals surface area (Å²) in [5.74, 6) is -0.283. The number of amides is 2. The Bertz CT molecular complexity index is 518. The molecular weight excluding hydrogens is 301 g/mol. The summed E-state index contributed by atoms with van der Waals surface area (Å²) in [7, 11) is 0. The van der Waals surface area contributed by atoms with E-state index in [4.69, 9.17) is 23.2 Å². The zero-order valence-electron chi connectivity index (χ0n) is 10.8. The van der Waals surface area contributed by atoms with Gasteiger partial charge in [-0.05, 0) is 31.4 Å². The lowest BCUT2D eigenvalue weighted by molar-refractivity contribution is -0.121. The average Bonchev–Trinajstić information content (AvgIpc) is 3.18. The molecule has 1 heterocycles. The van der Waals surface area contributed by atoms with E-state index in [9.17, 15) is 9.59 Å². The molecule has 2 N–H and O–H groups in total. The molecule has 2 rings (SSSR count). The van der Waals surface area contributed by atoms with Crippen LogP contribution in [0.2, 0.25) is 10.3 Å². The van der Waals surface area contributed by atoms with Gasteiger partial charge in [-0.15, -0.1) is 0 Å². The van der Waals surface area contributed by atoms with E-state index in [1.165, 1.54) is 12.1 Å². The zero-order valence-corrected chi connectivity index (χ0v) is 12.3. The molecule has 20 heavy (non-hydrogen) atoms. The molecule has 0 aromatic carbocycles. The molecule has 108 valence electrons. The third kappa shape index (κ3) is 4.65. The van der Waals surface area contributed by atoms with Crippen molar-refractivity contribution >= 4 is 35.0 Å². The van der Waals surface area contributed by atoms with Gasteiger partial charge in [-0.25, -0.2) is 4.98 Å². The fourth-order valence-corrected chi connectivity index (χ4v) is 2.09. The third-order valence-corrected chi connectivity index (χ3v) is 3.37. The number of nitrogens with one attached hydrogen (secondary N) is 2. The van der Waals surface area contributed by atoms with Crippen LogP contribution < -0.4 is 10.6 Å². The van der Waals surface area contributed by atoms with E-state index < -0.39 is 0 Å². The molecule has 0 spiro atoms. The Morgan fingerprint density at radius 3 is 2.70 bits per heavy atom. The van der Waals surface area contributed by atoms with Crippen molar-refractivity contribution in [1.82, 2.24) is 15.6 Å². The van der Waals surface area contributed by atoms with Crippen molar-refractivity contribution in [2.24, 2.45) is 0 Å². The van der Waals surface area contributed by atoms with Crippen LogP contribution in [-0.2, 0) is 4.79 Å². The van der Waals surface area contributed by atoms with Gasteiger partial charge in [0, 0.05) is 19.0 Å². The van der Waals surface area contributed by atoms with Crippen LogP contribution in [0.3, 0.4) is 0 Å².